The molecular weight excluding hydrogens is 538 g/mol. The molecule has 0 fully saturated rings. The molecule has 0 amide bonds. The molecule has 0 bridgehead atoms. The van der Waals surface area contributed by atoms with Crippen LogP contribution >= 0.6 is 0 Å². The van der Waals surface area contributed by atoms with Crippen molar-refractivity contribution in [3.63, 3.8) is 0 Å². The van der Waals surface area contributed by atoms with Crippen LogP contribution in [0.1, 0.15) is 43.5 Å². The van der Waals surface area contributed by atoms with Crippen LogP contribution in [0.15, 0.2) is 76.5 Å². The molecule has 1 unspecified atom stereocenters. The van der Waals surface area contributed by atoms with E-state index in [1.165, 1.54) is 26.4 Å². The molecule has 8 nitrogen and oxygen atoms in total. The Bertz CT molecular complexity index is 1430. The van der Waals surface area contributed by atoms with Crippen molar-refractivity contribution in [2.24, 2.45) is 0 Å². The molecule has 0 saturated heterocycles. The first-order chi connectivity index (χ1) is 18.3. The van der Waals surface area contributed by atoms with Crippen molar-refractivity contribution in [3.05, 3.63) is 83.4 Å². The number of carbonyl (C=O) groups excluding carboxylic acids is 1. The van der Waals surface area contributed by atoms with Gasteiger partial charge in [-0.25, -0.2) is 13.1 Å². The van der Waals surface area contributed by atoms with Gasteiger partial charge >= 0.3 is 5.97 Å². The van der Waals surface area contributed by atoms with E-state index in [1.54, 1.807) is 75.4 Å². The average molecular weight is 574 g/mol. The number of methoxy groups -OCH3 is 2. The molecule has 39 heavy (non-hydrogen) atoms. The average Bonchev–Trinajstić information content (AvgIpc) is 2.87. The molecule has 0 heterocycles. The molecule has 0 aromatic heterocycles. The Morgan fingerprint density at radius 2 is 1.38 bits per heavy atom. The first-order valence-corrected chi connectivity index (χ1v) is 15.0. The summed E-state index contributed by atoms with van der Waals surface area (Å²) < 4.78 is 60.4. The van der Waals surface area contributed by atoms with Crippen LogP contribution in [0.4, 0.5) is 0 Å². The Hall–Kier alpha value is -3.21. The molecule has 3 rings (SSSR count). The first kappa shape index (κ1) is 30.3. The third kappa shape index (κ3) is 7.68. The lowest BCUT2D eigenvalue weighted by molar-refractivity contribution is -0.154. The van der Waals surface area contributed by atoms with Crippen LogP contribution < -0.4 is 14.2 Å². The van der Waals surface area contributed by atoms with Gasteiger partial charge < -0.3 is 14.2 Å². The van der Waals surface area contributed by atoms with Crippen molar-refractivity contribution in [1.82, 2.24) is 4.72 Å². The van der Waals surface area contributed by atoms with Gasteiger partial charge in [0.1, 0.15) is 5.60 Å². The molecule has 0 radical (unpaired) electrons. The van der Waals surface area contributed by atoms with Gasteiger partial charge in [0.15, 0.2) is 16.7 Å². The zero-order valence-electron chi connectivity index (χ0n) is 23.2. The highest BCUT2D eigenvalue weighted by atomic mass is 32.2. The van der Waals surface area contributed by atoms with E-state index in [4.69, 9.17) is 14.2 Å². The predicted molar refractivity (Wildman–Crippen MR) is 151 cm³/mol. The molecule has 0 aliphatic heterocycles. The van der Waals surface area contributed by atoms with E-state index in [0.717, 1.165) is 11.1 Å². The molecule has 3 aromatic rings. The lowest BCUT2D eigenvalue weighted by Gasteiger charge is -2.30. The van der Waals surface area contributed by atoms with Crippen LogP contribution in [0.25, 0.3) is 0 Å². The van der Waals surface area contributed by atoms with E-state index in [1.807, 2.05) is 13.8 Å². The molecule has 0 spiro atoms. The highest BCUT2D eigenvalue weighted by molar-refractivity contribution is 7.89. The number of hydrogen-bond acceptors (Lipinski definition) is 7. The molecule has 210 valence electrons. The number of rotatable bonds is 10. The Morgan fingerprint density at radius 1 is 0.846 bits per heavy atom. The summed E-state index contributed by atoms with van der Waals surface area (Å²) in [6.45, 7) is 8.82. The van der Waals surface area contributed by atoms with Crippen molar-refractivity contribution in [2.75, 3.05) is 14.2 Å². The minimum atomic E-state index is -4.17. The number of ether oxygens (including phenoxy) is 3. The normalized spacial score (nSPS) is 14.2. The minimum absolute atomic E-state index is 0.00244. The Labute approximate surface area is 233 Å². The maximum atomic E-state index is 14.1. The number of hydrogen-bond donors (Lipinski definition) is 1. The second-order valence-corrected chi connectivity index (χ2v) is 13.4. The number of nitrogens with one attached hydrogen (secondary N) is 1. The highest BCUT2D eigenvalue weighted by Crippen LogP contribution is 2.35. The van der Waals surface area contributed by atoms with Crippen LogP contribution in [0.5, 0.6) is 11.5 Å². The number of carbonyl (C=O) groups is 1. The van der Waals surface area contributed by atoms with Gasteiger partial charge in [0.05, 0.1) is 36.0 Å². The largest absolute Gasteiger partial charge is 0.493 e. The number of esters is 1. The minimum Gasteiger partial charge on any atom is -0.493 e. The third-order valence-electron chi connectivity index (χ3n) is 5.81. The van der Waals surface area contributed by atoms with Crippen LogP contribution in [0.3, 0.4) is 0 Å². The summed E-state index contributed by atoms with van der Waals surface area (Å²) in [6, 6.07) is 16.7. The smallest absolute Gasteiger partial charge is 0.324 e. The third-order valence-corrected chi connectivity index (χ3v) is 8.93. The standard InChI is InChI=1S/C29H35NO7S2/c1-19-8-13-22(14-9-19)38(32)27(28(31)37-29(3,4)5)26(21-12-17-24(35-6)25(18-21)36-7)30-39(33,34)23-15-10-20(2)11-16-23/h8-18,26-27,30H,1-7H3/t26-,27+,38?/m1/s1. The molecule has 0 aliphatic carbocycles. The van der Waals surface area contributed by atoms with E-state index in [2.05, 4.69) is 4.72 Å². The lowest BCUT2D eigenvalue weighted by atomic mass is 10.0. The monoisotopic (exact) mass is 573 g/mol. The van der Waals surface area contributed by atoms with Crippen molar-refractivity contribution in [3.8, 4) is 11.5 Å². The van der Waals surface area contributed by atoms with Gasteiger partial charge in [-0.3, -0.25) is 9.00 Å². The summed E-state index contributed by atoms with van der Waals surface area (Å²) in [4.78, 5) is 14.1. The van der Waals surface area contributed by atoms with Gasteiger partial charge in [0, 0.05) is 4.90 Å². The fourth-order valence-electron chi connectivity index (χ4n) is 3.83. The Kier molecular flexibility index (Phi) is 9.58. The van der Waals surface area contributed by atoms with E-state index in [-0.39, 0.29) is 4.90 Å². The molecule has 1 N–H and O–H groups in total. The van der Waals surface area contributed by atoms with Crippen LogP contribution in [-0.2, 0) is 30.4 Å². The fourth-order valence-corrected chi connectivity index (χ4v) is 6.55. The topological polar surface area (TPSA) is 108 Å². The zero-order valence-corrected chi connectivity index (χ0v) is 24.8. The molecule has 3 aromatic carbocycles. The first-order valence-electron chi connectivity index (χ1n) is 12.3. The quantitative estimate of drug-likeness (QED) is 0.345. The van der Waals surface area contributed by atoms with Crippen LogP contribution in [0.2, 0.25) is 0 Å². The summed E-state index contributed by atoms with van der Waals surface area (Å²) in [7, 11) is -3.25. The second kappa shape index (κ2) is 12.3. The van der Waals surface area contributed by atoms with E-state index >= 15 is 0 Å². The molecule has 10 heteroatoms. The molecular formula is C29H35NO7S2. The van der Waals surface area contributed by atoms with Crippen LogP contribution in [-0.4, -0.2) is 43.7 Å². The SMILES string of the molecule is COc1ccc([C@@H](NS(=O)(=O)c2ccc(C)cc2)[C@@H](C(=O)OC(C)(C)C)S(=O)c2ccc(C)cc2)cc1OC. The summed E-state index contributed by atoms with van der Waals surface area (Å²) >= 11 is 0. The Morgan fingerprint density at radius 3 is 1.90 bits per heavy atom. The van der Waals surface area contributed by atoms with Gasteiger partial charge in [-0.05, 0) is 76.6 Å². The summed E-state index contributed by atoms with van der Waals surface area (Å²) in [6.07, 6.45) is 0. The number of sulfonamides is 1. The number of benzene rings is 3. The summed E-state index contributed by atoms with van der Waals surface area (Å²) in [5.74, 6) is -0.0822. The van der Waals surface area contributed by atoms with Crippen molar-refractivity contribution in [2.45, 2.75) is 61.3 Å². The predicted octanol–water partition coefficient (Wildman–Crippen LogP) is 4.86. The van der Waals surface area contributed by atoms with E-state index in [0.29, 0.717) is 22.0 Å². The zero-order chi connectivity index (χ0) is 29.0. The maximum Gasteiger partial charge on any atom is 0.324 e. The van der Waals surface area contributed by atoms with Gasteiger partial charge in [-0.2, -0.15) is 0 Å². The van der Waals surface area contributed by atoms with Gasteiger partial charge in [0.25, 0.3) is 0 Å². The van der Waals surface area contributed by atoms with Crippen molar-refractivity contribution in [1.29, 1.82) is 0 Å². The molecule has 3 atom stereocenters. The van der Waals surface area contributed by atoms with Gasteiger partial charge in [0.2, 0.25) is 10.0 Å². The lowest BCUT2D eigenvalue weighted by Crippen LogP contribution is -2.45. The van der Waals surface area contributed by atoms with E-state index in [9.17, 15) is 17.4 Å². The van der Waals surface area contributed by atoms with E-state index < -0.39 is 43.7 Å². The van der Waals surface area contributed by atoms with Gasteiger partial charge in [-0.1, -0.05) is 41.5 Å². The fraction of sp³-hybridized carbons (Fsp3) is 0.345. The summed E-state index contributed by atoms with van der Waals surface area (Å²) in [5, 5.41) is -1.44. The Balaban J connectivity index is 2.23. The van der Waals surface area contributed by atoms with Crippen LogP contribution in [0, 0.1) is 13.8 Å². The maximum absolute atomic E-state index is 14.1. The molecule has 0 saturated carbocycles. The van der Waals surface area contributed by atoms with Crippen molar-refractivity contribution < 1.29 is 31.6 Å². The summed E-state index contributed by atoms with van der Waals surface area (Å²) in [5.41, 5.74) is 1.27. The van der Waals surface area contributed by atoms with Crippen molar-refractivity contribution >= 4 is 26.8 Å². The highest BCUT2D eigenvalue weighted by Gasteiger charge is 2.41. The van der Waals surface area contributed by atoms with Gasteiger partial charge in [-0.15, -0.1) is 0 Å². The molecule has 0 aliphatic rings. The second-order valence-electron chi connectivity index (χ2n) is 10.1. The number of aryl methyl sites for hydroxylation is 2.